The highest BCUT2D eigenvalue weighted by Crippen LogP contribution is 2.17. The van der Waals surface area contributed by atoms with Crippen molar-refractivity contribution in [2.75, 3.05) is 12.8 Å². The minimum Gasteiger partial charge on any atom is -0.455 e. The standard InChI is InChI=1S/C17H18ClN3O2S/c1-24-10-12-5-7-15(23-12)17(22)19-8-2-3-16-20-13-6-4-11(18)9-14(13)21-16/h4-7,9H,2-3,8,10H2,1H3,(H,19,22)(H,20,21). The summed E-state index contributed by atoms with van der Waals surface area (Å²) in [5.41, 5.74) is 1.83. The van der Waals surface area contributed by atoms with Crippen molar-refractivity contribution in [1.29, 1.82) is 0 Å². The van der Waals surface area contributed by atoms with Gasteiger partial charge in [-0.05, 0) is 43.0 Å². The summed E-state index contributed by atoms with van der Waals surface area (Å²) in [7, 11) is 0. The molecule has 0 atom stereocenters. The number of thioether (sulfide) groups is 1. The molecule has 0 fully saturated rings. The molecule has 0 bridgehead atoms. The zero-order valence-electron chi connectivity index (χ0n) is 13.3. The fourth-order valence-electron chi connectivity index (χ4n) is 2.42. The number of carbonyl (C=O) groups excluding carboxylic acids is 1. The van der Waals surface area contributed by atoms with Crippen molar-refractivity contribution < 1.29 is 9.21 Å². The highest BCUT2D eigenvalue weighted by atomic mass is 35.5. The summed E-state index contributed by atoms with van der Waals surface area (Å²) in [6, 6.07) is 9.12. The normalized spacial score (nSPS) is 11.1. The van der Waals surface area contributed by atoms with E-state index in [1.165, 1.54) is 0 Å². The van der Waals surface area contributed by atoms with Crippen molar-refractivity contribution in [3.05, 3.63) is 52.7 Å². The van der Waals surface area contributed by atoms with E-state index in [-0.39, 0.29) is 5.91 Å². The Bertz CT molecular complexity index is 843. The highest BCUT2D eigenvalue weighted by molar-refractivity contribution is 7.97. The smallest absolute Gasteiger partial charge is 0.286 e. The van der Waals surface area contributed by atoms with Gasteiger partial charge in [0.2, 0.25) is 0 Å². The number of rotatable bonds is 7. The largest absolute Gasteiger partial charge is 0.455 e. The third-order valence-electron chi connectivity index (χ3n) is 3.54. The van der Waals surface area contributed by atoms with Gasteiger partial charge in [-0.2, -0.15) is 11.8 Å². The summed E-state index contributed by atoms with van der Waals surface area (Å²) < 4.78 is 5.49. The van der Waals surface area contributed by atoms with Gasteiger partial charge < -0.3 is 14.7 Å². The summed E-state index contributed by atoms with van der Waals surface area (Å²) in [5, 5.41) is 3.55. The lowest BCUT2D eigenvalue weighted by Gasteiger charge is -2.02. The van der Waals surface area contributed by atoms with Crippen LogP contribution in [-0.4, -0.2) is 28.7 Å². The van der Waals surface area contributed by atoms with E-state index in [1.807, 2.05) is 30.5 Å². The van der Waals surface area contributed by atoms with Crippen LogP contribution in [0, 0.1) is 0 Å². The van der Waals surface area contributed by atoms with Crippen LogP contribution in [0.25, 0.3) is 11.0 Å². The van der Waals surface area contributed by atoms with E-state index < -0.39 is 0 Å². The molecule has 0 radical (unpaired) electrons. The first-order valence-corrected chi connectivity index (χ1v) is 9.43. The number of hydrogen-bond donors (Lipinski definition) is 2. The second-order valence-corrected chi connectivity index (χ2v) is 6.71. The molecule has 0 spiro atoms. The number of fused-ring (bicyclic) bond motifs is 1. The van der Waals surface area contributed by atoms with E-state index in [0.717, 1.165) is 41.2 Å². The molecule has 0 unspecified atom stereocenters. The molecule has 3 rings (SSSR count). The number of halogens is 1. The zero-order valence-corrected chi connectivity index (χ0v) is 14.8. The number of benzene rings is 1. The fraction of sp³-hybridized carbons (Fsp3) is 0.294. The van der Waals surface area contributed by atoms with Gasteiger partial charge in [-0.15, -0.1) is 0 Å². The summed E-state index contributed by atoms with van der Waals surface area (Å²) in [4.78, 5) is 19.8. The van der Waals surface area contributed by atoms with E-state index >= 15 is 0 Å². The molecule has 2 N–H and O–H groups in total. The number of carbonyl (C=O) groups is 1. The summed E-state index contributed by atoms with van der Waals surface area (Å²) in [6.07, 6.45) is 3.54. The molecule has 0 aliphatic carbocycles. The van der Waals surface area contributed by atoms with E-state index in [1.54, 1.807) is 17.8 Å². The van der Waals surface area contributed by atoms with E-state index in [2.05, 4.69) is 15.3 Å². The first-order chi connectivity index (χ1) is 11.7. The van der Waals surface area contributed by atoms with Crippen LogP contribution in [0.5, 0.6) is 0 Å². The average Bonchev–Trinajstić information content (AvgIpc) is 3.18. The lowest BCUT2D eigenvalue weighted by molar-refractivity contribution is 0.0924. The molecular weight excluding hydrogens is 346 g/mol. The molecule has 0 aliphatic rings. The Morgan fingerprint density at radius 3 is 3.08 bits per heavy atom. The maximum absolute atomic E-state index is 12.0. The molecule has 0 saturated carbocycles. The molecule has 2 aromatic heterocycles. The molecule has 2 heterocycles. The Labute approximate surface area is 149 Å². The molecule has 0 saturated heterocycles. The van der Waals surface area contributed by atoms with Crippen LogP contribution in [0.4, 0.5) is 0 Å². The van der Waals surface area contributed by atoms with Gasteiger partial charge >= 0.3 is 0 Å². The second kappa shape index (κ2) is 7.77. The Morgan fingerprint density at radius 1 is 1.38 bits per heavy atom. The number of nitrogens with one attached hydrogen (secondary N) is 2. The van der Waals surface area contributed by atoms with Crippen LogP contribution in [0.15, 0.2) is 34.7 Å². The lowest BCUT2D eigenvalue weighted by atomic mass is 10.3. The molecule has 7 heteroatoms. The van der Waals surface area contributed by atoms with Gasteiger partial charge in [0, 0.05) is 18.0 Å². The number of nitrogens with zero attached hydrogens (tertiary/aromatic N) is 1. The first-order valence-electron chi connectivity index (χ1n) is 7.65. The molecule has 1 aromatic carbocycles. The topological polar surface area (TPSA) is 70.9 Å². The van der Waals surface area contributed by atoms with Crippen molar-refractivity contribution in [3.63, 3.8) is 0 Å². The summed E-state index contributed by atoms with van der Waals surface area (Å²) in [6.45, 7) is 0.565. The first kappa shape index (κ1) is 16.9. The van der Waals surface area contributed by atoms with Crippen LogP contribution in [0.1, 0.15) is 28.6 Å². The Balaban J connectivity index is 1.47. The molecule has 126 valence electrons. The Hall–Kier alpha value is -1.92. The molecule has 24 heavy (non-hydrogen) atoms. The molecule has 3 aromatic rings. The maximum atomic E-state index is 12.0. The number of hydrogen-bond acceptors (Lipinski definition) is 4. The number of H-pyrrole nitrogens is 1. The van der Waals surface area contributed by atoms with Gasteiger partial charge in [0.15, 0.2) is 5.76 Å². The predicted molar refractivity (Wildman–Crippen MR) is 97.7 cm³/mol. The Kier molecular flexibility index (Phi) is 5.48. The predicted octanol–water partition coefficient (Wildman–Crippen LogP) is 4.03. The quantitative estimate of drug-likeness (QED) is 0.621. The van der Waals surface area contributed by atoms with Crippen LogP contribution in [-0.2, 0) is 12.2 Å². The third kappa shape index (κ3) is 4.13. The second-order valence-electron chi connectivity index (χ2n) is 5.40. The number of furan rings is 1. The third-order valence-corrected chi connectivity index (χ3v) is 4.35. The number of amides is 1. The number of aromatic nitrogens is 2. The highest BCUT2D eigenvalue weighted by Gasteiger charge is 2.10. The minimum atomic E-state index is -0.182. The van der Waals surface area contributed by atoms with Crippen LogP contribution >= 0.6 is 23.4 Å². The van der Waals surface area contributed by atoms with Gasteiger partial charge in [-0.3, -0.25) is 4.79 Å². The minimum absolute atomic E-state index is 0.182. The number of aromatic amines is 1. The van der Waals surface area contributed by atoms with Crippen molar-refractivity contribution in [2.24, 2.45) is 0 Å². The van der Waals surface area contributed by atoms with E-state index in [9.17, 15) is 4.79 Å². The molecular formula is C17H18ClN3O2S. The van der Waals surface area contributed by atoms with Crippen molar-refractivity contribution in [2.45, 2.75) is 18.6 Å². The maximum Gasteiger partial charge on any atom is 0.286 e. The van der Waals surface area contributed by atoms with Crippen molar-refractivity contribution in [3.8, 4) is 0 Å². The number of imidazole rings is 1. The van der Waals surface area contributed by atoms with Crippen LogP contribution in [0.3, 0.4) is 0 Å². The van der Waals surface area contributed by atoms with E-state index in [4.69, 9.17) is 16.0 Å². The molecule has 5 nitrogen and oxygen atoms in total. The monoisotopic (exact) mass is 363 g/mol. The zero-order chi connectivity index (χ0) is 16.9. The lowest BCUT2D eigenvalue weighted by Crippen LogP contribution is -2.24. The van der Waals surface area contributed by atoms with Gasteiger partial charge in [0.05, 0.1) is 16.8 Å². The molecule has 0 aliphatic heterocycles. The fourth-order valence-corrected chi connectivity index (χ4v) is 3.03. The average molecular weight is 364 g/mol. The van der Waals surface area contributed by atoms with Crippen molar-refractivity contribution >= 4 is 40.3 Å². The van der Waals surface area contributed by atoms with Gasteiger partial charge in [-0.1, -0.05) is 11.6 Å². The van der Waals surface area contributed by atoms with Gasteiger partial charge in [0.1, 0.15) is 11.6 Å². The van der Waals surface area contributed by atoms with Crippen LogP contribution in [0.2, 0.25) is 5.02 Å². The summed E-state index contributed by atoms with van der Waals surface area (Å²) in [5.74, 6) is 2.65. The number of aryl methyl sites for hydroxylation is 1. The van der Waals surface area contributed by atoms with Crippen LogP contribution < -0.4 is 5.32 Å². The van der Waals surface area contributed by atoms with E-state index in [0.29, 0.717) is 17.3 Å². The Morgan fingerprint density at radius 2 is 2.25 bits per heavy atom. The summed E-state index contributed by atoms with van der Waals surface area (Å²) >= 11 is 7.62. The molecule has 1 amide bonds. The van der Waals surface area contributed by atoms with Gasteiger partial charge in [-0.25, -0.2) is 4.98 Å². The van der Waals surface area contributed by atoms with Crippen molar-refractivity contribution in [1.82, 2.24) is 15.3 Å². The van der Waals surface area contributed by atoms with Gasteiger partial charge in [0.25, 0.3) is 5.91 Å². The SMILES string of the molecule is CSCc1ccc(C(=O)NCCCc2nc3ccc(Cl)cc3[nH]2)o1.